The van der Waals surface area contributed by atoms with Gasteiger partial charge in [0.05, 0.1) is 11.7 Å². The molecule has 1 fully saturated rings. The second kappa shape index (κ2) is 6.25. The molecule has 88 valence electrons. The zero-order chi connectivity index (χ0) is 12.0. The largest absolute Gasteiger partial charge is 0.478 e. The zero-order valence-corrected chi connectivity index (χ0v) is 9.04. The summed E-state index contributed by atoms with van der Waals surface area (Å²) in [5, 5.41) is 17.2. The Morgan fingerprint density at radius 1 is 1.25 bits per heavy atom. The van der Waals surface area contributed by atoms with E-state index in [1.807, 2.05) is 0 Å². The summed E-state index contributed by atoms with van der Waals surface area (Å²) in [6.45, 7) is 0. The van der Waals surface area contributed by atoms with Gasteiger partial charge in [-0.2, -0.15) is 0 Å². The van der Waals surface area contributed by atoms with Crippen LogP contribution in [0.3, 0.4) is 0 Å². The van der Waals surface area contributed by atoms with Gasteiger partial charge in [0.1, 0.15) is 0 Å². The van der Waals surface area contributed by atoms with E-state index < -0.39 is 5.97 Å². The molecule has 0 amide bonds. The predicted octanol–water partition coefficient (Wildman–Crippen LogP) is 1.24. The van der Waals surface area contributed by atoms with Crippen molar-refractivity contribution in [2.24, 2.45) is 5.73 Å². The summed E-state index contributed by atoms with van der Waals surface area (Å²) in [5.41, 5.74) is 5.80. The first-order valence-electron chi connectivity index (χ1n) is 5.31. The number of hydrogen-bond donors (Lipinski definition) is 3. The average molecular weight is 223 g/mol. The van der Waals surface area contributed by atoms with E-state index in [4.69, 9.17) is 15.9 Å². The normalized spacial score (nSPS) is 23.4. The highest BCUT2D eigenvalue weighted by molar-refractivity contribution is 5.87. The Labute approximate surface area is 94.7 Å². The van der Waals surface area contributed by atoms with E-state index in [1.54, 1.807) is 30.3 Å². The van der Waals surface area contributed by atoms with Crippen molar-refractivity contribution in [1.29, 1.82) is 0 Å². The molecule has 1 aliphatic rings. The Morgan fingerprint density at radius 2 is 1.88 bits per heavy atom. The van der Waals surface area contributed by atoms with E-state index in [1.165, 1.54) is 0 Å². The molecule has 1 aromatic rings. The van der Waals surface area contributed by atoms with Crippen LogP contribution in [-0.2, 0) is 0 Å². The van der Waals surface area contributed by atoms with Gasteiger partial charge < -0.3 is 15.9 Å². The summed E-state index contributed by atoms with van der Waals surface area (Å²) in [5.74, 6) is -0.879. The first-order chi connectivity index (χ1) is 7.59. The lowest BCUT2D eigenvalue weighted by Crippen LogP contribution is -2.15. The van der Waals surface area contributed by atoms with Gasteiger partial charge in [-0.3, -0.25) is 0 Å². The van der Waals surface area contributed by atoms with Gasteiger partial charge in [0.2, 0.25) is 0 Å². The van der Waals surface area contributed by atoms with E-state index in [0.29, 0.717) is 5.56 Å². The molecule has 2 rings (SSSR count). The van der Waals surface area contributed by atoms with E-state index >= 15 is 0 Å². The Balaban J connectivity index is 0.000000165. The molecule has 0 radical (unpaired) electrons. The van der Waals surface area contributed by atoms with Gasteiger partial charge >= 0.3 is 5.97 Å². The fraction of sp³-hybridized carbons (Fsp3) is 0.417. The van der Waals surface area contributed by atoms with Crippen LogP contribution < -0.4 is 5.73 Å². The van der Waals surface area contributed by atoms with Gasteiger partial charge in [-0.05, 0) is 31.4 Å². The molecular formula is C12H17NO3. The second-order valence-corrected chi connectivity index (χ2v) is 3.90. The van der Waals surface area contributed by atoms with Gasteiger partial charge in [0.15, 0.2) is 0 Å². The molecule has 4 nitrogen and oxygen atoms in total. The molecule has 1 saturated carbocycles. The van der Waals surface area contributed by atoms with Gasteiger partial charge in [-0.15, -0.1) is 0 Å². The number of carboxylic acid groups (broad SMARTS) is 1. The molecule has 0 aromatic heterocycles. The number of benzene rings is 1. The minimum Gasteiger partial charge on any atom is -0.478 e. The SMILES string of the molecule is N[C@H]1CC[C@@H](O)C1.O=C(O)c1ccccc1. The molecule has 4 N–H and O–H groups in total. The molecule has 0 aliphatic heterocycles. The number of carboxylic acids is 1. The number of hydrogen-bond acceptors (Lipinski definition) is 3. The first kappa shape index (κ1) is 12.7. The summed E-state index contributed by atoms with van der Waals surface area (Å²) in [6.07, 6.45) is 2.61. The van der Waals surface area contributed by atoms with Crippen molar-refractivity contribution in [3.8, 4) is 0 Å². The van der Waals surface area contributed by atoms with Gasteiger partial charge in [-0.25, -0.2) is 4.79 Å². The van der Waals surface area contributed by atoms with Crippen molar-refractivity contribution in [2.75, 3.05) is 0 Å². The van der Waals surface area contributed by atoms with Crippen LogP contribution in [0.2, 0.25) is 0 Å². The topological polar surface area (TPSA) is 83.5 Å². The van der Waals surface area contributed by atoms with Crippen LogP contribution in [0.25, 0.3) is 0 Å². The van der Waals surface area contributed by atoms with E-state index in [-0.39, 0.29) is 12.1 Å². The minimum atomic E-state index is -0.879. The van der Waals surface area contributed by atoms with Gasteiger partial charge in [0.25, 0.3) is 0 Å². The molecule has 0 spiro atoms. The lowest BCUT2D eigenvalue weighted by Gasteiger charge is -1.96. The highest BCUT2D eigenvalue weighted by Crippen LogP contribution is 2.15. The third-order valence-corrected chi connectivity index (χ3v) is 2.47. The van der Waals surface area contributed by atoms with Crippen molar-refractivity contribution in [2.45, 2.75) is 31.4 Å². The smallest absolute Gasteiger partial charge is 0.335 e. The van der Waals surface area contributed by atoms with Gasteiger partial charge in [-0.1, -0.05) is 18.2 Å². The molecule has 16 heavy (non-hydrogen) atoms. The maximum Gasteiger partial charge on any atom is 0.335 e. The lowest BCUT2D eigenvalue weighted by molar-refractivity contribution is 0.0697. The van der Waals surface area contributed by atoms with Crippen molar-refractivity contribution in [3.05, 3.63) is 35.9 Å². The van der Waals surface area contributed by atoms with E-state index in [9.17, 15) is 4.79 Å². The third-order valence-electron chi connectivity index (χ3n) is 2.47. The first-order valence-corrected chi connectivity index (χ1v) is 5.31. The monoisotopic (exact) mass is 223 g/mol. The fourth-order valence-electron chi connectivity index (χ4n) is 1.57. The molecule has 0 bridgehead atoms. The van der Waals surface area contributed by atoms with Crippen molar-refractivity contribution in [3.63, 3.8) is 0 Å². The highest BCUT2D eigenvalue weighted by atomic mass is 16.4. The fourth-order valence-corrected chi connectivity index (χ4v) is 1.57. The van der Waals surface area contributed by atoms with Crippen LogP contribution in [0.1, 0.15) is 29.6 Å². The standard InChI is InChI=1S/C7H6O2.C5H11NO/c8-7(9)6-4-2-1-3-5-6;6-4-1-2-5(7)3-4/h1-5H,(H,8,9);4-5,7H,1-3,6H2/t;4-,5+/m.0/s1. The molecule has 0 heterocycles. The number of aliphatic hydroxyl groups excluding tert-OH is 1. The summed E-state index contributed by atoms with van der Waals surface area (Å²) >= 11 is 0. The third kappa shape index (κ3) is 4.42. The van der Waals surface area contributed by atoms with Crippen LogP contribution in [-0.4, -0.2) is 28.3 Å². The average Bonchev–Trinajstić information content (AvgIpc) is 2.65. The summed E-state index contributed by atoms with van der Waals surface area (Å²) in [4.78, 5) is 10.2. The molecule has 0 unspecified atom stereocenters. The quantitative estimate of drug-likeness (QED) is 0.669. The van der Waals surface area contributed by atoms with Gasteiger partial charge in [0, 0.05) is 6.04 Å². The molecule has 0 saturated heterocycles. The molecule has 4 heteroatoms. The van der Waals surface area contributed by atoms with E-state index in [0.717, 1.165) is 19.3 Å². The zero-order valence-electron chi connectivity index (χ0n) is 9.04. The Bertz CT molecular complexity index is 318. The Hall–Kier alpha value is -1.39. The minimum absolute atomic E-state index is 0.102. The number of aromatic carboxylic acids is 1. The maximum absolute atomic E-state index is 10.2. The van der Waals surface area contributed by atoms with Crippen molar-refractivity contribution < 1.29 is 15.0 Å². The number of carbonyl (C=O) groups is 1. The summed E-state index contributed by atoms with van der Waals surface area (Å²) in [6, 6.07) is 8.57. The van der Waals surface area contributed by atoms with Crippen LogP contribution in [0, 0.1) is 0 Å². The molecule has 1 aliphatic carbocycles. The number of nitrogens with two attached hydrogens (primary N) is 1. The summed E-state index contributed by atoms with van der Waals surface area (Å²) < 4.78 is 0. The second-order valence-electron chi connectivity index (χ2n) is 3.90. The summed E-state index contributed by atoms with van der Waals surface area (Å²) in [7, 11) is 0. The number of aliphatic hydroxyl groups is 1. The predicted molar refractivity (Wildman–Crippen MR) is 61.2 cm³/mol. The Morgan fingerprint density at radius 3 is 2.12 bits per heavy atom. The van der Waals surface area contributed by atoms with Crippen LogP contribution in [0.15, 0.2) is 30.3 Å². The van der Waals surface area contributed by atoms with Crippen LogP contribution >= 0.6 is 0 Å². The maximum atomic E-state index is 10.2. The molecule has 1 aromatic carbocycles. The number of rotatable bonds is 1. The van der Waals surface area contributed by atoms with Crippen molar-refractivity contribution >= 4 is 5.97 Å². The lowest BCUT2D eigenvalue weighted by atomic mass is 10.2. The Kier molecular flexibility index (Phi) is 4.95. The van der Waals surface area contributed by atoms with E-state index in [2.05, 4.69) is 0 Å². The highest BCUT2D eigenvalue weighted by Gasteiger charge is 2.18. The molecule has 2 atom stereocenters. The molecular weight excluding hydrogens is 206 g/mol. The van der Waals surface area contributed by atoms with Crippen molar-refractivity contribution in [1.82, 2.24) is 0 Å². The van der Waals surface area contributed by atoms with Crippen LogP contribution in [0.5, 0.6) is 0 Å². The van der Waals surface area contributed by atoms with Crippen LogP contribution in [0.4, 0.5) is 0 Å².